The van der Waals surface area contributed by atoms with Gasteiger partial charge in [-0.2, -0.15) is 0 Å². The number of carbonyl (C=O) groups is 1. The van der Waals surface area contributed by atoms with E-state index in [0.29, 0.717) is 22.3 Å². The van der Waals surface area contributed by atoms with E-state index in [1.807, 2.05) is 0 Å². The van der Waals surface area contributed by atoms with E-state index >= 15 is 0 Å². The van der Waals surface area contributed by atoms with Crippen LogP contribution in [-0.4, -0.2) is 23.2 Å². The second kappa shape index (κ2) is 5.58. The number of pyridine rings is 1. The number of carboxylic acids is 1. The van der Waals surface area contributed by atoms with E-state index in [1.165, 1.54) is 18.3 Å². The third-order valence-electron chi connectivity index (χ3n) is 2.44. The Bertz CT molecular complexity index is 617. The summed E-state index contributed by atoms with van der Waals surface area (Å²) in [5, 5.41) is 12.4. The maximum absolute atomic E-state index is 10.9. The van der Waals surface area contributed by atoms with Crippen molar-refractivity contribution in [3.63, 3.8) is 0 Å². The van der Waals surface area contributed by atoms with Gasteiger partial charge in [-0.1, -0.05) is 11.6 Å². The molecule has 5 nitrogen and oxygen atoms in total. The molecular weight excluding hydrogens is 268 g/mol. The maximum atomic E-state index is 10.9. The highest BCUT2D eigenvalue weighted by molar-refractivity contribution is 6.33. The Labute approximate surface area is 114 Å². The molecule has 1 aromatic heterocycles. The smallest absolute Gasteiger partial charge is 0.335 e. The van der Waals surface area contributed by atoms with E-state index < -0.39 is 5.97 Å². The van der Waals surface area contributed by atoms with Crippen molar-refractivity contribution < 1.29 is 14.6 Å². The summed E-state index contributed by atoms with van der Waals surface area (Å²) in [6, 6.07) is 7.97. The zero-order valence-corrected chi connectivity index (χ0v) is 10.8. The molecule has 2 N–H and O–H groups in total. The third-order valence-corrected chi connectivity index (χ3v) is 2.77. The van der Waals surface area contributed by atoms with Crippen molar-refractivity contribution in [2.24, 2.45) is 0 Å². The summed E-state index contributed by atoms with van der Waals surface area (Å²) < 4.78 is 5.10. The Morgan fingerprint density at radius 3 is 2.84 bits per heavy atom. The maximum Gasteiger partial charge on any atom is 0.335 e. The Hall–Kier alpha value is -2.27. The summed E-state index contributed by atoms with van der Waals surface area (Å²) in [5.74, 6) is 0.0264. The molecule has 6 heteroatoms. The second-order valence-corrected chi connectivity index (χ2v) is 4.11. The normalized spacial score (nSPS) is 10.0. The van der Waals surface area contributed by atoms with Crippen LogP contribution in [0.15, 0.2) is 36.5 Å². The highest BCUT2D eigenvalue weighted by Crippen LogP contribution is 2.28. The Balaban J connectivity index is 2.30. The summed E-state index contributed by atoms with van der Waals surface area (Å²) in [6.07, 6.45) is 1.42. The molecule has 0 aliphatic heterocycles. The van der Waals surface area contributed by atoms with Crippen molar-refractivity contribution in [3.05, 3.63) is 47.1 Å². The van der Waals surface area contributed by atoms with E-state index in [4.69, 9.17) is 21.4 Å². The number of methoxy groups -OCH3 is 1. The summed E-state index contributed by atoms with van der Waals surface area (Å²) in [6.45, 7) is 0. The van der Waals surface area contributed by atoms with Crippen LogP contribution in [0.1, 0.15) is 10.4 Å². The van der Waals surface area contributed by atoms with Crippen LogP contribution in [0.3, 0.4) is 0 Å². The molecule has 0 aliphatic rings. The number of benzene rings is 1. The minimum Gasteiger partial charge on any atom is -0.497 e. The average molecular weight is 279 g/mol. The molecular formula is C13H11ClN2O3. The lowest BCUT2D eigenvalue weighted by Gasteiger charge is -2.09. The minimum atomic E-state index is -1.01. The van der Waals surface area contributed by atoms with Gasteiger partial charge in [0.1, 0.15) is 11.6 Å². The Kier molecular flexibility index (Phi) is 3.87. The van der Waals surface area contributed by atoms with Crippen molar-refractivity contribution >= 4 is 29.1 Å². The monoisotopic (exact) mass is 278 g/mol. The number of halogens is 1. The molecule has 0 fully saturated rings. The number of anilines is 2. The molecule has 1 heterocycles. The number of hydrogen-bond acceptors (Lipinski definition) is 4. The van der Waals surface area contributed by atoms with Crippen molar-refractivity contribution in [2.75, 3.05) is 12.4 Å². The van der Waals surface area contributed by atoms with E-state index in [2.05, 4.69) is 10.3 Å². The molecule has 0 unspecified atom stereocenters. The number of hydrogen-bond donors (Lipinski definition) is 2. The Morgan fingerprint density at radius 1 is 1.37 bits per heavy atom. The molecule has 2 aromatic rings. The number of nitrogens with one attached hydrogen (secondary N) is 1. The number of aromatic nitrogens is 1. The summed E-state index contributed by atoms with van der Waals surface area (Å²) >= 11 is 6.04. The molecule has 2 rings (SSSR count). The molecule has 19 heavy (non-hydrogen) atoms. The number of carboxylic acid groups (broad SMARTS) is 1. The van der Waals surface area contributed by atoms with Gasteiger partial charge >= 0.3 is 5.97 Å². The molecule has 0 aliphatic carbocycles. The highest BCUT2D eigenvalue weighted by atomic mass is 35.5. The minimum absolute atomic E-state index is 0.150. The van der Waals surface area contributed by atoms with E-state index in [1.54, 1.807) is 25.3 Å². The molecule has 0 atom stereocenters. The van der Waals surface area contributed by atoms with E-state index in [9.17, 15) is 4.79 Å². The summed E-state index contributed by atoms with van der Waals surface area (Å²) in [5.41, 5.74) is 0.743. The lowest BCUT2D eigenvalue weighted by Crippen LogP contribution is -2.00. The zero-order chi connectivity index (χ0) is 13.8. The van der Waals surface area contributed by atoms with Gasteiger partial charge in [0.2, 0.25) is 0 Å². The summed E-state index contributed by atoms with van der Waals surface area (Å²) in [7, 11) is 1.55. The largest absolute Gasteiger partial charge is 0.497 e. The van der Waals surface area contributed by atoms with E-state index in [0.717, 1.165) is 0 Å². The average Bonchev–Trinajstić information content (AvgIpc) is 2.41. The first-order chi connectivity index (χ1) is 9.10. The van der Waals surface area contributed by atoms with Crippen molar-refractivity contribution in [1.29, 1.82) is 0 Å². The van der Waals surface area contributed by atoms with Gasteiger partial charge in [-0.15, -0.1) is 0 Å². The topological polar surface area (TPSA) is 71.5 Å². The second-order valence-electron chi connectivity index (χ2n) is 3.71. The Morgan fingerprint density at radius 2 is 2.16 bits per heavy atom. The van der Waals surface area contributed by atoms with Crippen LogP contribution in [0.5, 0.6) is 5.75 Å². The van der Waals surface area contributed by atoms with Gasteiger partial charge in [-0.25, -0.2) is 9.78 Å². The van der Waals surface area contributed by atoms with Crippen LogP contribution in [0.25, 0.3) is 0 Å². The molecule has 0 spiro atoms. The SMILES string of the molecule is COc1ccc(Cl)c(Nc2cc(C(=O)O)ccn2)c1. The standard InChI is InChI=1S/C13H11ClN2O3/c1-19-9-2-3-10(14)11(7-9)16-12-6-8(13(17)18)4-5-15-12/h2-7H,1H3,(H,15,16)(H,17,18). The number of ether oxygens (including phenoxy) is 1. The first-order valence-electron chi connectivity index (χ1n) is 5.40. The van der Waals surface area contributed by atoms with Gasteiger partial charge in [0.15, 0.2) is 0 Å². The van der Waals surface area contributed by atoms with E-state index in [-0.39, 0.29) is 5.56 Å². The molecule has 0 radical (unpaired) electrons. The quantitative estimate of drug-likeness (QED) is 0.899. The van der Waals surface area contributed by atoms with Crippen LogP contribution >= 0.6 is 11.6 Å². The van der Waals surface area contributed by atoms with Crippen LogP contribution in [0.2, 0.25) is 5.02 Å². The van der Waals surface area contributed by atoms with Gasteiger partial charge < -0.3 is 15.2 Å². The van der Waals surface area contributed by atoms with Crippen LogP contribution in [0.4, 0.5) is 11.5 Å². The predicted octanol–water partition coefficient (Wildman–Crippen LogP) is 3.19. The molecule has 1 aromatic carbocycles. The van der Waals surface area contributed by atoms with Crippen molar-refractivity contribution in [1.82, 2.24) is 4.98 Å². The van der Waals surface area contributed by atoms with Crippen LogP contribution in [-0.2, 0) is 0 Å². The lowest BCUT2D eigenvalue weighted by atomic mass is 10.2. The fourth-order valence-electron chi connectivity index (χ4n) is 1.50. The van der Waals surface area contributed by atoms with Gasteiger partial charge in [0.25, 0.3) is 0 Å². The highest BCUT2D eigenvalue weighted by Gasteiger charge is 2.07. The molecule has 98 valence electrons. The molecule has 0 bridgehead atoms. The first-order valence-corrected chi connectivity index (χ1v) is 5.78. The van der Waals surface area contributed by atoms with Gasteiger partial charge in [0.05, 0.1) is 23.4 Å². The molecule has 0 saturated carbocycles. The van der Waals surface area contributed by atoms with Gasteiger partial charge in [0, 0.05) is 12.3 Å². The molecule has 0 saturated heterocycles. The summed E-state index contributed by atoms with van der Waals surface area (Å²) in [4.78, 5) is 14.9. The third kappa shape index (κ3) is 3.14. The number of rotatable bonds is 4. The number of nitrogens with zero attached hydrogens (tertiary/aromatic N) is 1. The predicted molar refractivity (Wildman–Crippen MR) is 72.5 cm³/mol. The molecule has 0 amide bonds. The zero-order valence-electron chi connectivity index (χ0n) is 10.1. The van der Waals surface area contributed by atoms with Gasteiger partial charge in [-0.3, -0.25) is 0 Å². The fourth-order valence-corrected chi connectivity index (χ4v) is 1.66. The number of aromatic carboxylic acids is 1. The fraction of sp³-hybridized carbons (Fsp3) is 0.0769. The van der Waals surface area contributed by atoms with Crippen LogP contribution < -0.4 is 10.1 Å². The van der Waals surface area contributed by atoms with Crippen LogP contribution in [0, 0.1) is 0 Å². The van der Waals surface area contributed by atoms with Crippen molar-refractivity contribution in [2.45, 2.75) is 0 Å². The first kappa shape index (κ1) is 13.2. The van der Waals surface area contributed by atoms with Gasteiger partial charge in [-0.05, 0) is 24.3 Å². The lowest BCUT2D eigenvalue weighted by molar-refractivity contribution is 0.0697. The van der Waals surface area contributed by atoms with Crippen molar-refractivity contribution in [3.8, 4) is 5.75 Å².